The minimum absolute atomic E-state index is 0.0978. The molecular formula is C21H16O3S. The van der Waals surface area contributed by atoms with Gasteiger partial charge in [0.15, 0.2) is 5.78 Å². The normalized spacial score (nSPS) is 10.8. The van der Waals surface area contributed by atoms with E-state index in [0.29, 0.717) is 21.8 Å². The number of thiophene rings is 1. The Morgan fingerprint density at radius 3 is 2.44 bits per heavy atom. The summed E-state index contributed by atoms with van der Waals surface area (Å²) in [5, 5.41) is 1.82. The number of aryl methyl sites for hydroxylation is 1. The third-order valence-corrected chi connectivity index (χ3v) is 4.44. The highest BCUT2D eigenvalue weighted by atomic mass is 32.1. The van der Waals surface area contributed by atoms with E-state index in [1.54, 1.807) is 48.5 Å². The van der Waals surface area contributed by atoms with Gasteiger partial charge < -0.3 is 4.74 Å². The van der Waals surface area contributed by atoms with E-state index in [2.05, 4.69) is 0 Å². The van der Waals surface area contributed by atoms with Crippen molar-refractivity contribution in [2.45, 2.75) is 6.92 Å². The van der Waals surface area contributed by atoms with Crippen LogP contribution in [0.3, 0.4) is 0 Å². The predicted molar refractivity (Wildman–Crippen MR) is 100 cm³/mol. The Morgan fingerprint density at radius 1 is 0.960 bits per heavy atom. The number of esters is 1. The lowest BCUT2D eigenvalue weighted by molar-refractivity contribution is 0.0739. The summed E-state index contributed by atoms with van der Waals surface area (Å²) in [6, 6.07) is 18.0. The Balaban J connectivity index is 1.77. The molecule has 0 amide bonds. The molecule has 0 atom stereocenters. The first-order chi connectivity index (χ1) is 12.1. The lowest BCUT2D eigenvalue weighted by atomic mass is 10.1. The number of benzene rings is 2. The summed E-state index contributed by atoms with van der Waals surface area (Å²) in [6.45, 7) is 1.97. The van der Waals surface area contributed by atoms with Gasteiger partial charge in [0.05, 0.1) is 0 Å². The van der Waals surface area contributed by atoms with Crippen molar-refractivity contribution in [3.63, 3.8) is 0 Å². The van der Waals surface area contributed by atoms with E-state index >= 15 is 0 Å². The summed E-state index contributed by atoms with van der Waals surface area (Å²) < 4.78 is 5.45. The summed E-state index contributed by atoms with van der Waals surface area (Å²) in [6.07, 6.45) is 3.15. The van der Waals surface area contributed by atoms with Gasteiger partial charge in [-0.3, -0.25) is 4.79 Å². The number of carbonyl (C=O) groups is 2. The number of rotatable bonds is 5. The van der Waals surface area contributed by atoms with E-state index in [0.717, 1.165) is 5.56 Å². The van der Waals surface area contributed by atoms with E-state index in [-0.39, 0.29) is 5.78 Å². The third-order valence-electron chi connectivity index (χ3n) is 3.59. The molecule has 0 spiro atoms. The second kappa shape index (κ2) is 7.73. The molecule has 0 aliphatic carbocycles. The molecule has 3 nitrogen and oxygen atoms in total. The topological polar surface area (TPSA) is 43.4 Å². The summed E-state index contributed by atoms with van der Waals surface area (Å²) in [4.78, 5) is 24.9. The molecule has 124 valence electrons. The Hall–Kier alpha value is -2.98. The monoisotopic (exact) mass is 348 g/mol. The van der Waals surface area contributed by atoms with Crippen molar-refractivity contribution in [1.29, 1.82) is 0 Å². The van der Waals surface area contributed by atoms with Crippen LogP contribution in [0.1, 0.15) is 31.2 Å². The molecule has 1 heterocycles. The standard InChI is InChI=1S/C21H16O3S/c1-15-8-10-16(11-9-15)18(22)13-12-17-5-2-3-6-19(17)24-21(23)20-7-4-14-25-20/h2-14H,1H3. The van der Waals surface area contributed by atoms with Crippen molar-refractivity contribution in [1.82, 2.24) is 0 Å². The summed E-state index contributed by atoms with van der Waals surface area (Å²) in [7, 11) is 0. The Labute approximate surface area is 150 Å². The number of hydrogen-bond donors (Lipinski definition) is 0. The highest BCUT2D eigenvalue weighted by Gasteiger charge is 2.11. The van der Waals surface area contributed by atoms with Gasteiger partial charge in [-0.15, -0.1) is 11.3 Å². The molecule has 0 N–H and O–H groups in total. The van der Waals surface area contributed by atoms with Crippen LogP contribution in [0.4, 0.5) is 0 Å². The third kappa shape index (κ3) is 4.31. The highest BCUT2D eigenvalue weighted by Crippen LogP contribution is 2.22. The minimum Gasteiger partial charge on any atom is -0.422 e. The fraction of sp³-hybridized carbons (Fsp3) is 0.0476. The van der Waals surface area contributed by atoms with Crippen molar-refractivity contribution in [3.05, 3.63) is 93.7 Å². The fourth-order valence-electron chi connectivity index (χ4n) is 2.24. The lowest BCUT2D eigenvalue weighted by Gasteiger charge is -2.06. The second-order valence-corrected chi connectivity index (χ2v) is 6.42. The molecule has 2 aromatic carbocycles. The van der Waals surface area contributed by atoms with Crippen LogP contribution in [0.5, 0.6) is 5.75 Å². The molecule has 0 radical (unpaired) electrons. The van der Waals surface area contributed by atoms with Crippen molar-refractivity contribution in [2.75, 3.05) is 0 Å². The van der Waals surface area contributed by atoms with Crippen LogP contribution >= 0.6 is 11.3 Å². The number of ketones is 1. The molecule has 4 heteroatoms. The Bertz CT molecular complexity index is 907. The van der Waals surface area contributed by atoms with E-state index in [1.807, 2.05) is 30.5 Å². The molecule has 0 unspecified atom stereocenters. The van der Waals surface area contributed by atoms with Crippen LogP contribution in [-0.4, -0.2) is 11.8 Å². The van der Waals surface area contributed by atoms with Crippen molar-refractivity contribution in [2.24, 2.45) is 0 Å². The van der Waals surface area contributed by atoms with E-state index in [1.165, 1.54) is 17.4 Å². The average molecular weight is 348 g/mol. The summed E-state index contributed by atoms with van der Waals surface area (Å²) >= 11 is 1.33. The van der Waals surface area contributed by atoms with Crippen molar-refractivity contribution < 1.29 is 14.3 Å². The van der Waals surface area contributed by atoms with Crippen LogP contribution in [0.2, 0.25) is 0 Å². The van der Waals surface area contributed by atoms with Crippen LogP contribution < -0.4 is 4.74 Å². The highest BCUT2D eigenvalue weighted by molar-refractivity contribution is 7.12. The average Bonchev–Trinajstić information content (AvgIpc) is 3.16. The van der Waals surface area contributed by atoms with Crippen LogP contribution in [0.15, 0.2) is 72.1 Å². The molecule has 3 aromatic rings. The summed E-state index contributed by atoms with van der Waals surface area (Å²) in [5.41, 5.74) is 2.40. The Morgan fingerprint density at radius 2 is 1.72 bits per heavy atom. The number of carbonyl (C=O) groups excluding carboxylic acids is 2. The maximum atomic E-state index is 12.3. The number of ether oxygens (including phenoxy) is 1. The van der Waals surface area contributed by atoms with Gasteiger partial charge in [-0.1, -0.05) is 54.1 Å². The molecule has 0 bridgehead atoms. The quantitative estimate of drug-likeness (QED) is 0.276. The molecule has 0 aliphatic heterocycles. The smallest absolute Gasteiger partial charge is 0.353 e. The molecule has 0 fully saturated rings. The number of hydrogen-bond acceptors (Lipinski definition) is 4. The van der Waals surface area contributed by atoms with Gasteiger partial charge in [0.1, 0.15) is 10.6 Å². The van der Waals surface area contributed by atoms with Crippen LogP contribution in [0.25, 0.3) is 6.08 Å². The first kappa shape index (κ1) is 16.9. The van der Waals surface area contributed by atoms with Gasteiger partial charge in [-0.2, -0.15) is 0 Å². The molecule has 0 saturated carbocycles. The maximum absolute atomic E-state index is 12.3. The van der Waals surface area contributed by atoms with Crippen molar-refractivity contribution in [3.8, 4) is 5.75 Å². The number of allylic oxidation sites excluding steroid dienone is 1. The molecule has 1 aromatic heterocycles. The molecule has 0 saturated heterocycles. The first-order valence-corrected chi connectivity index (χ1v) is 8.65. The van der Waals surface area contributed by atoms with Crippen LogP contribution in [0, 0.1) is 6.92 Å². The van der Waals surface area contributed by atoms with Gasteiger partial charge in [-0.25, -0.2) is 4.79 Å². The van der Waals surface area contributed by atoms with Gasteiger partial charge in [0, 0.05) is 11.1 Å². The van der Waals surface area contributed by atoms with Crippen LogP contribution in [-0.2, 0) is 0 Å². The zero-order chi connectivity index (χ0) is 17.6. The SMILES string of the molecule is Cc1ccc(C(=O)C=Cc2ccccc2OC(=O)c2cccs2)cc1. The first-order valence-electron chi connectivity index (χ1n) is 7.77. The minimum atomic E-state index is -0.402. The van der Waals surface area contributed by atoms with Gasteiger partial charge >= 0.3 is 5.97 Å². The van der Waals surface area contributed by atoms with Gasteiger partial charge in [0.25, 0.3) is 0 Å². The molecule has 0 aliphatic rings. The predicted octanol–water partition coefficient (Wildman–Crippen LogP) is 5.17. The maximum Gasteiger partial charge on any atom is 0.353 e. The van der Waals surface area contributed by atoms with E-state index < -0.39 is 5.97 Å². The zero-order valence-electron chi connectivity index (χ0n) is 13.6. The number of para-hydroxylation sites is 1. The molecule has 3 rings (SSSR count). The fourth-order valence-corrected chi connectivity index (χ4v) is 2.83. The van der Waals surface area contributed by atoms with Crippen molar-refractivity contribution >= 4 is 29.2 Å². The molecule has 25 heavy (non-hydrogen) atoms. The summed E-state index contributed by atoms with van der Waals surface area (Å²) in [5.74, 6) is -0.0750. The van der Waals surface area contributed by atoms with E-state index in [9.17, 15) is 9.59 Å². The Kier molecular flexibility index (Phi) is 5.21. The molecular weight excluding hydrogens is 332 g/mol. The largest absolute Gasteiger partial charge is 0.422 e. The zero-order valence-corrected chi connectivity index (χ0v) is 14.5. The second-order valence-electron chi connectivity index (χ2n) is 5.47. The lowest BCUT2D eigenvalue weighted by Crippen LogP contribution is -2.07. The van der Waals surface area contributed by atoms with E-state index in [4.69, 9.17) is 4.74 Å². The van der Waals surface area contributed by atoms with Gasteiger partial charge in [-0.05, 0) is 36.6 Å². The van der Waals surface area contributed by atoms with Gasteiger partial charge in [0.2, 0.25) is 0 Å².